The standard InChI is InChI=1S/C26H24N4O5/c31-24-15-30(21-9-5-4-8-19(21)28-24)26(33)29-20(12-17-6-2-1-3-7-17)25(32)27-14-18-10-11-22-23(13-18)35-16-34-22/h1-11,13,20H,12,14-16H2,(H,27,32)(H,28,31)(H,29,33)/t20-/m0/s1. The molecule has 0 spiro atoms. The Kier molecular flexibility index (Phi) is 6.21. The average molecular weight is 473 g/mol. The third kappa shape index (κ3) is 5.03. The number of nitrogens with zero attached hydrogens (tertiary/aromatic N) is 1. The lowest BCUT2D eigenvalue weighted by molar-refractivity contribution is -0.123. The molecule has 9 heteroatoms. The largest absolute Gasteiger partial charge is 0.454 e. The molecule has 0 unspecified atom stereocenters. The van der Waals surface area contributed by atoms with Crippen molar-refractivity contribution in [2.24, 2.45) is 0 Å². The normalized spacial score (nSPS) is 14.5. The SMILES string of the molecule is O=C1CN(C(=O)N[C@@H](Cc2ccccc2)C(=O)NCc2ccc3c(c2)OCO3)c2ccccc2N1. The van der Waals surface area contributed by atoms with Gasteiger partial charge in [-0.15, -0.1) is 0 Å². The number of fused-ring (bicyclic) bond motifs is 2. The van der Waals surface area contributed by atoms with Gasteiger partial charge in [-0.3, -0.25) is 14.5 Å². The summed E-state index contributed by atoms with van der Waals surface area (Å²) in [5.74, 6) is 0.661. The summed E-state index contributed by atoms with van der Waals surface area (Å²) in [6.07, 6.45) is 0.293. The van der Waals surface area contributed by atoms with Gasteiger partial charge in [0.15, 0.2) is 11.5 Å². The highest BCUT2D eigenvalue weighted by molar-refractivity contribution is 6.10. The Morgan fingerprint density at radius 2 is 1.71 bits per heavy atom. The van der Waals surface area contributed by atoms with E-state index in [4.69, 9.17) is 9.47 Å². The van der Waals surface area contributed by atoms with E-state index < -0.39 is 12.1 Å². The number of ether oxygens (including phenoxy) is 2. The lowest BCUT2D eigenvalue weighted by Gasteiger charge is -2.30. The van der Waals surface area contributed by atoms with E-state index in [2.05, 4.69) is 16.0 Å². The Balaban J connectivity index is 1.32. The molecule has 0 fully saturated rings. The highest BCUT2D eigenvalue weighted by atomic mass is 16.7. The zero-order valence-corrected chi connectivity index (χ0v) is 18.8. The molecule has 0 saturated carbocycles. The Labute approximate surface area is 202 Å². The molecule has 0 saturated heterocycles. The number of urea groups is 1. The number of carbonyl (C=O) groups is 3. The zero-order chi connectivity index (χ0) is 24.2. The van der Waals surface area contributed by atoms with Gasteiger partial charge < -0.3 is 25.4 Å². The number of benzene rings is 3. The summed E-state index contributed by atoms with van der Waals surface area (Å²) < 4.78 is 10.7. The van der Waals surface area contributed by atoms with E-state index in [1.165, 1.54) is 4.90 Å². The lowest BCUT2D eigenvalue weighted by Crippen LogP contribution is -2.54. The van der Waals surface area contributed by atoms with Crippen molar-refractivity contribution in [3.8, 4) is 11.5 Å². The van der Waals surface area contributed by atoms with Gasteiger partial charge in [0.05, 0.1) is 11.4 Å². The van der Waals surface area contributed by atoms with Crippen LogP contribution in [0.15, 0.2) is 72.8 Å². The summed E-state index contributed by atoms with van der Waals surface area (Å²) in [6, 6.07) is 20.6. The van der Waals surface area contributed by atoms with Crippen LogP contribution in [0.1, 0.15) is 11.1 Å². The maximum absolute atomic E-state index is 13.2. The van der Waals surface area contributed by atoms with Gasteiger partial charge in [-0.1, -0.05) is 48.5 Å². The van der Waals surface area contributed by atoms with E-state index in [-0.39, 0.29) is 31.7 Å². The van der Waals surface area contributed by atoms with Crippen LogP contribution in [0.2, 0.25) is 0 Å². The van der Waals surface area contributed by atoms with Gasteiger partial charge in [-0.05, 0) is 35.4 Å². The Bertz CT molecular complexity index is 1260. The summed E-state index contributed by atoms with van der Waals surface area (Å²) in [5.41, 5.74) is 2.86. The second kappa shape index (κ2) is 9.76. The molecule has 3 N–H and O–H groups in total. The summed E-state index contributed by atoms with van der Waals surface area (Å²) in [6.45, 7) is 0.291. The van der Waals surface area contributed by atoms with Gasteiger partial charge in [0.25, 0.3) is 0 Å². The van der Waals surface area contributed by atoms with Crippen molar-refractivity contribution >= 4 is 29.2 Å². The predicted molar refractivity (Wildman–Crippen MR) is 129 cm³/mol. The molecule has 35 heavy (non-hydrogen) atoms. The summed E-state index contributed by atoms with van der Waals surface area (Å²) in [7, 11) is 0. The van der Waals surface area contributed by atoms with Crippen LogP contribution in [-0.2, 0) is 22.6 Å². The fourth-order valence-corrected chi connectivity index (χ4v) is 4.06. The predicted octanol–water partition coefficient (Wildman–Crippen LogP) is 2.81. The van der Waals surface area contributed by atoms with Crippen molar-refractivity contribution in [3.63, 3.8) is 0 Å². The number of para-hydroxylation sites is 2. The highest BCUT2D eigenvalue weighted by Gasteiger charge is 2.30. The van der Waals surface area contributed by atoms with E-state index in [1.807, 2.05) is 42.5 Å². The second-order valence-electron chi connectivity index (χ2n) is 8.25. The molecule has 2 aliphatic rings. The number of carbonyl (C=O) groups excluding carboxylic acids is 3. The van der Waals surface area contributed by atoms with Crippen LogP contribution in [0.3, 0.4) is 0 Å². The minimum Gasteiger partial charge on any atom is -0.454 e. The highest BCUT2D eigenvalue weighted by Crippen LogP contribution is 2.32. The molecule has 5 rings (SSSR count). The maximum Gasteiger partial charge on any atom is 0.323 e. The number of anilines is 2. The molecule has 0 aromatic heterocycles. The second-order valence-corrected chi connectivity index (χ2v) is 8.25. The smallest absolute Gasteiger partial charge is 0.323 e. The first-order chi connectivity index (χ1) is 17.1. The van der Waals surface area contributed by atoms with Crippen molar-refractivity contribution in [1.29, 1.82) is 0 Å². The Morgan fingerprint density at radius 3 is 2.57 bits per heavy atom. The van der Waals surface area contributed by atoms with E-state index in [0.29, 0.717) is 29.3 Å². The molecule has 3 aromatic carbocycles. The van der Waals surface area contributed by atoms with Gasteiger partial charge in [0.1, 0.15) is 12.6 Å². The van der Waals surface area contributed by atoms with E-state index in [1.54, 1.807) is 30.3 Å². The molecule has 2 aliphatic heterocycles. The monoisotopic (exact) mass is 472 g/mol. The fraction of sp³-hybridized carbons (Fsp3) is 0.192. The zero-order valence-electron chi connectivity index (χ0n) is 18.8. The van der Waals surface area contributed by atoms with Crippen molar-refractivity contribution in [3.05, 3.63) is 83.9 Å². The van der Waals surface area contributed by atoms with Crippen molar-refractivity contribution in [1.82, 2.24) is 10.6 Å². The third-order valence-electron chi connectivity index (χ3n) is 5.82. The Hall–Kier alpha value is -4.53. The summed E-state index contributed by atoms with van der Waals surface area (Å²) in [5, 5.41) is 8.48. The first-order valence-electron chi connectivity index (χ1n) is 11.2. The number of nitrogens with one attached hydrogen (secondary N) is 3. The fourth-order valence-electron chi connectivity index (χ4n) is 4.06. The van der Waals surface area contributed by atoms with Crippen LogP contribution in [0, 0.1) is 0 Å². The minimum absolute atomic E-state index is 0.139. The molecular formula is C26H24N4O5. The van der Waals surface area contributed by atoms with E-state index in [0.717, 1.165) is 11.1 Å². The van der Waals surface area contributed by atoms with Gasteiger partial charge in [-0.2, -0.15) is 0 Å². The van der Waals surface area contributed by atoms with E-state index >= 15 is 0 Å². The van der Waals surface area contributed by atoms with E-state index in [9.17, 15) is 14.4 Å². The van der Waals surface area contributed by atoms with Crippen molar-refractivity contribution in [2.75, 3.05) is 23.6 Å². The molecule has 0 radical (unpaired) electrons. The molecular weight excluding hydrogens is 448 g/mol. The third-order valence-corrected chi connectivity index (χ3v) is 5.82. The lowest BCUT2D eigenvalue weighted by atomic mass is 10.0. The summed E-state index contributed by atoms with van der Waals surface area (Å²) >= 11 is 0. The molecule has 4 amide bonds. The van der Waals surface area contributed by atoms with Crippen LogP contribution in [0.25, 0.3) is 0 Å². The topological polar surface area (TPSA) is 109 Å². The molecule has 0 bridgehead atoms. The van der Waals surface area contributed by atoms with Gasteiger partial charge in [-0.25, -0.2) is 4.79 Å². The van der Waals surface area contributed by atoms with Crippen LogP contribution >= 0.6 is 0 Å². The van der Waals surface area contributed by atoms with Crippen LogP contribution in [0.4, 0.5) is 16.2 Å². The quantitative estimate of drug-likeness (QED) is 0.511. The molecule has 9 nitrogen and oxygen atoms in total. The van der Waals surface area contributed by atoms with Gasteiger partial charge in [0.2, 0.25) is 18.6 Å². The first-order valence-corrected chi connectivity index (χ1v) is 11.2. The van der Waals surface area contributed by atoms with Gasteiger partial charge >= 0.3 is 6.03 Å². The number of amides is 4. The van der Waals surface area contributed by atoms with Crippen LogP contribution in [-0.4, -0.2) is 37.2 Å². The van der Waals surface area contributed by atoms with Crippen LogP contribution in [0.5, 0.6) is 11.5 Å². The minimum atomic E-state index is -0.851. The molecule has 1 atom stereocenters. The first kappa shape index (κ1) is 22.3. The van der Waals surface area contributed by atoms with Crippen molar-refractivity contribution in [2.45, 2.75) is 19.0 Å². The number of hydrogen-bond donors (Lipinski definition) is 3. The number of hydrogen-bond acceptors (Lipinski definition) is 5. The maximum atomic E-state index is 13.2. The Morgan fingerprint density at radius 1 is 0.943 bits per heavy atom. The van der Waals surface area contributed by atoms with Gasteiger partial charge in [0, 0.05) is 13.0 Å². The molecule has 2 heterocycles. The molecule has 3 aromatic rings. The average Bonchev–Trinajstić information content (AvgIpc) is 3.35. The van der Waals surface area contributed by atoms with Crippen molar-refractivity contribution < 1.29 is 23.9 Å². The summed E-state index contributed by atoms with van der Waals surface area (Å²) in [4.78, 5) is 39.9. The van der Waals surface area contributed by atoms with Crippen LogP contribution < -0.4 is 30.3 Å². The molecule has 0 aliphatic carbocycles. The molecule has 178 valence electrons. The number of rotatable bonds is 6.